The standard InChI is InChI=1S/C16H18Cl2N4O/c1-3-4-9-22-16(18)13(11(2)21-22)6-8-15(23)20-14-7-5-12(17)10-19-14/h5-8,10H,3-4,9H2,1-2H3,(H,19,20,23)/b8-6+. The maximum atomic E-state index is 11.9. The topological polar surface area (TPSA) is 59.8 Å². The maximum absolute atomic E-state index is 11.9. The summed E-state index contributed by atoms with van der Waals surface area (Å²) in [4.78, 5) is 15.9. The zero-order valence-corrected chi connectivity index (χ0v) is 14.5. The van der Waals surface area contributed by atoms with Gasteiger partial charge in [0.15, 0.2) is 0 Å². The number of carbonyl (C=O) groups is 1. The first-order chi connectivity index (χ1) is 11.0. The molecule has 122 valence electrons. The Bertz CT molecular complexity index is 708. The Labute approximate surface area is 145 Å². The van der Waals surface area contributed by atoms with Crippen LogP contribution in [-0.4, -0.2) is 20.7 Å². The van der Waals surface area contributed by atoms with E-state index in [0.29, 0.717) is 16.0 Å². The molecular weight excluding hydrogens is 335 g/mol. The number of nitrogens with zero attached hydrogens (tertiary/aromatic N) is 3. The molecule has 0 aliphatic carbocycles. The molecule has 0 aliphatic heterocycles. The second kappa shape index (κ2) is 8.13. The molecule has 1 N–H and O–H groups in total. The average Bonchev–Trinajstić information content (AvgIpc) is 2.79. The third-order valence-corrected chi connectivity index (χ3v) is 3.84. The smallest absolute Gasteiger partial charge is 0.249 e. The van der Waals surface area contributed by atoms with Crippen molar-refractivity contribution in [2.45, 2.75) is 33.2 Å². The SMILES string of the molecule is CCCCn1nc(C)c(/C=C/C(=O)Nc2ccc(Cl)cn2)c1Cl. The Kier molecular flexibility index (Phi) is 6.19. The van der Waals surface area contributed by atoms with Gasteiger partial charge in [-0.1, -0.05) is 36.5 Å². The van der Waals surface area contributed by atoms with Crippen LogP contribution in [0.15, 0.2) is 24.4 Å². The number of aryl methyl sites for hydroxylation is 2. The molecule has 1 amide bonds. The highest BCUT2D eigenvalue weighted by Gasteiger charge is 2.11. The molecule has 0 bridgehead atoms. The number of amides is 1. The molecule has 2 rings (SSSR count). The summed E-state index contributed by atoms with van der Waals surface area (Å²) in [7, 11) is 0. The Hall–Kier alpha value is -1.85. The molecule has 2 aromatic rings. The van der Waals surface area contributed by atoms with E-state index in [2.05, 4.69) is 22.3 Å². The van der Waals surface area contributed by atoms with Crippen LogP contribution in [0.3, 0.4) is 0 Å². The van der Waals surface area contributed by atoms with Gasteiger partial charge in [0, 0.05) is 24.4 Å². The average molecular weight is 353 g/mol. The Morgan fingerprint density at radius 2 is 2.17 bits per heavy atom. The lowest BCUT2D eigenvalue weighted by Crippen LogP contribution is -2.08. The van der Waals surface area contributed by atoms with Crippen LogP contribution >= 0.6 is 23.2 Å². The van der Waals surface area contributed by atoms with E-state index in [-0.39, 0.29) is 5.91 Å². The number of rotatable bonds is 6. The summed E-state index contributed by atoms with van der Waals surface area (Å²) in [5.41, 5.74) is 1.54. The fourth-order valence-electron chi connectivity index (χ4n) is 1.99. The van der Waals surface area contributed by atoms with E-state index in [1.165, 1.54) is 12.3 Å². The van der Waals surface area contributed by atoms with Crippen LogP contribution in [0.4, 0.5) is 5.82 Å². The molecule has 0 saturated heterocycles. The lowest BCUT2D eigenvalue weighted by atomic mass is 10.2. The van der Waals surface area contributed by atoms with Crippen molar-refractivity contribution in [2.24, 2.45) is 0 Å². The number of halogens is 2. The molecule has 0 aromatic carbocycles. The van der Waals surface area contributed by atoms with Gasteiger partial charge in [0.25, 0.3) is 0 Å². The largest absolute Gasteiger partial charge is 0.307 e. The highest BCUT2D eigenvalue weighted by molar-refractivity contribution is 6.31. The number of unbranched alkanes of at least 4 members (excludes halogenated alkanes) is 1. The summed E-state index contributed by atoms with van der Waals surface area (Å²) in [5.74, 6) is 0.141. The van der Waals surface area contributed by atoms with Crippen LogP contribution in [0.2, 0.25) is 10.2 Å². The van der Waals surface area contributed by atoms with Gasteiger partial charge in [-0.2, -0.15) is 5.10 Å². The van der Waals surface area contributed by atoms with Crippen LogP contribution in [-0.2, 0) is 11.3 Å². The van der Waals surface area contributed by atoms with Crippen molar-refractivity contribution in [2.75, 3.05) is 5.32 Å². The van der Waals surface area contributed by atoms with Gasteiger partial charge in [0.2, 0.25) is 5.91 Å². The van der Waals surface area contributed by atoms with E-state index < -0.39 is 0 Å². The molecule has 0 radical (unpaired) electrons. The van der Waals surface area contributed by atoms with Crippen LogP contribution in [0.1, 0.15) is 31.0 Å². The van der Waals surface area contributed by atoms with Gasteiger partial charge in [0.05, 0.1) is 10.7 Å². The molecule has 0 fully saturated rings. The number of aromatic nitrogens is 3. The van der Waals surface area contributed by atoms with Crippen molar-refractivity contribution in [3.8, 4) is 0 Å². The van der Waals surface area contributed by atoms with Crippen molar-refractivity contribution in [3.63, 3.8) is 0 Å². The number of anilines is 1. The van der Waals surface area contributed by atoms with E-state index in [0.717, 1.165) is 30.6 Å². The Morgan fingerprint density at radius 3 is 2.83 bits per heavy atom. The first-order valence-electron chi connectivity index (χ1n) is 7.34. The zero-order chi connectivity index (χ0) is 16.8. The number of carbonyl (C=O) groups excluding carboxylic acids is 1. The summed E-state index contributed by atoms with van der Waals surface area (Å²) < 4.78 is 1.76. The second-order valence-electron chi connectivity index (χ2n) is 5.05. The summed E-state index contributed by atoms with van der Waals surface area (Å²) in [6.07, 6.45) is 6.62. The van der Waals surface area contributed by atoms with Gasteiger partial charge < -0.3 is 5.32 Å². The third kappa shape index (κ3) is 4.81. The molecule has 0 unspecified atom stereocenters. The first kappa shape index (κ1) is 17.5. The molecule has 5 nitrogen and oxygen atoms in total. The van der Waals surface area contributed by atoms with Gasteiger partial charge in [-0.3, -0.25) is 9.48 Å². The van der Waals surface area contributed by atoms with Crippen LogP contribution in [0.5, 0.6) is 0 Å². The third-order valence-electron chi connectivity index (χ3n) is 3.21. The minimum Gasteiger partial charge on any atom is -0.307 e. The van der Waals surface area contributed by atoms with Crippen LogP contribution in [0.25, 0.3) is 6.08 Å². The van der Waals surface area contributed by atoms with E-state index >= 15 is 0 Å². The molecule has 0 saturated carbocycles. The van der Waals surface area contributed by atoms with Gasteiger partial charge in [0.1, 0.15) is 11.0 Å². The van der Waals surface area contributed by atoms with Crippen molar-refractivity contribution in [1.82, 2.24) is 14.8 Å². The molecule has 0 atom stereocenters. The van der Waals surface area contributed by atoms with E-state index in [1.807, 2.05) is 6.92 Å². The number of hydrogen-bond donors (Lipinski definition) is 1. The Balaban J connectivity index is 2.05. The highest BCUT2D eigenvalue weighted by Crippen LogP contribution is 2.21. The van der Waals surface area contributed by atoms with Gasteiger partial charge >= 0.3 is 0 Å². The van der Waals surface area contributed by atoms with E-state index in [9.17, 15) is 4.79 Å². The van der Waals surface area contributed by atoms with E-state index in [1.54, 1.807) is 22.9 Å². The Morgan fingerprint density at radius 1 is 1.39 bits per heavy atom. The molecule has 0 aliphatic rings. The van der Waals surface area contributed by atoms with Crippen molar-refractivity contribution in [1.29, 1.82) is 0 Å². The zero-order valence-electron chi connectivity index (χ0n) is 13.0. The molecule has 2 aromatic heterocycles. The number of pyridine rings is 1. The lowest BCUT2D eigenvalue weighted by molar-refractivity contribution is -0.111. The van der Waals surface area contributed by atoms with Gasteiger partial charge in [-0.15, -0.1) is 0 Å². The fraction of sp³-hybridized carbons (Fsp3) is 0.312. The number of hydrogen-bond acceptors (Lipinski definition) is 3. The fourth-order valence-corrected chi connectivity index (χ4v) is 2.42. The molecule has 7 heteroatoms. The minimum absolute atomic E-state index is 0.295. The second-order valence-corrected chi connectivity index (χ2v) is 5.85. The summed E-state index contributed by atoms with van der Waals surface area (Å²) >= 11 is 12.1. The van der Waals surface area contributed by atoms with Crippen molar-refractivity contribution >= 4 is 41.0 Å². The first-order valence-corrected chi connectivity index (χ1v) is 8.10. The predicted molar refractivity (Wildman–Crippen MR) is 93.8 cm³/mol. The van der Waals surface area contributed by atoms with Crippen LogP contribution in [0, 0.1) is 6.92 Å². The molecule has 0 spiro atoms. The van der Waals surface area contributed by atoms with Gasteiger partial charge in [-0.05, 0) is 31.6 Å². The highest BCUT2D eigenvalue weighted by atomic mass is 35.5. The van der Waals surface area contributed by atoms with Crippen LogP contribution < -0.4 is 5.32 Å². The van der Waals surface area contributed by atoms with Crippen molar-refractivity contribution in [3.05, 3.63) is 45.8 Å². The minimum atomic E-state index is -0.295. The summed E-state index contributed by atoms with van der Waals surface area (Å²) in [6.45, 7) is 4.75. The summed E-state index contributed by atoms with van der Waals surface area (Å²) in [5, 5.41) is 8.11. The quantitative estimate of drug-likeness (QED) is 0.786. The van der Waals surface area contributed by atoms with Crippen molar-refractivity contribution < 1.29 is 4.79 Å². The number of nitrogens with one attached hydrogen (secondary N) is 1. The van der Waals surface area contributed by atoms with Gasteiger partial charge in [-0.25, -0.2) is 4.98 Å². The molecule has 23 heavy (non-hydrogen) atoms. The normalized spacial score (nSPS) is 11.1. The van der Waals surface area contributed by atoms with E-state index in [4.69, 9.17) is 23.2 Å². The predicted octanol–water partition coefficient (Wildman–Crippen LogP) is 4.35. The monoisotopic (exact) mass is 352 g/mol. The maximum Gasteiger partial charge on any atom is 0.249 e. The summed E-state index contributed by atoms with van der Waals surface area (Å²) in [6, 6.07) is 3.29. The molecular formula is C16H18Cl2N4O. The molecule has 2 heterocycles. The lowest BCUT2D eigenvalue weighted by Gasteiger charge is -2.01.